The van der Waals surface area contributed by atoms with Crippen LogP contribution in [0.1, 0.15) is 39.7 Å². The molecule has 0 aliphatic rings. The molecule has 0 aliphatic carbocycles. The van der Waals surface area contributed by atoms with E-state index in [1.165, 1.54) is 4.90 Å². The van der Waals surface area contributed by atoms with Gasteiger partial charge in [-0.25, -0.2) is 8.42 Å². The molecule has 0 aromatic heterocycles. The van der Waals surface area contributed by atoms with Crippen LogP contribution in [0.5, 0.6) is 11.5 Å². The Balaban J connectivity index is 2.46. The Labute approximate surface area is 220 Å². The first-order valence-electron chi connectivity index (χ1n) is 12.4. The quantitative estimate of drug-likeness (QED) is 0.399. The van der Waals surface area contributed by atoms with Gasteiger partial charge in [0.15, 0.2) is 0 Å². The van der Waals surface area contributed by atoms with Crippen molar-refractivity contribution in [2.24, 2.45) is 5.92 Å². The standard InChI is InChI=1S/C27H39N3O6S/c1-7-23(27(32)28-17-20(3)4)29(18-21-13-15-22(35-5)16-14-21)26(31)19-30(37(6,33)34)24-11-9-10-12-25(24)36-8-2/h9-16,20,23H,7-8,17-19H2,1-6H3,(H,28,32)/t23-/m1/s1. The van der Waals surface area contributed by atoms with Gasteiger partial charge >= 0.3 is 0 Å². The third kappa shape index (κ3) is 8.66. The highest BCUT2D eigenvalue weighted by Crippen LogP contribution is 2.30. The van der Waals surface area contributed by atoms with Crippen LogP contribution < -0.4 is 19.1 Å². The van der Waals surface area contributed by atoms with E-state index in [0.29, 0.717) is 31.1 Å². The van der Waals surface area contributed by atoms with Crippen LogP contribution in [0.25, 0.3) is 0 Å². The number of hydrogen-bond acceptors (Lipinski definition) is 6. The van der Waals surface area contributed by atoms with Gasteiger partial charge in [-0.15, -0.1) is 0 Å². The fourth-order valence-electron chi connectivity index (χ4n) is 3.81. The number of para-hydroxylation sites is 2. The minimum absolute atomic E-state index is 0.126. The lowest BCUT2D eigenvalue weighted by molar-refractivity contribution is -0.140. The molecular formula is C27H39N3O6S. The summed E-state index contributed by atoms with van der Waals surface area (Å²) in [5.74, 6) is 0.478. The molecule has 2 aromatic carbocycles. The summed E-state index contributed by atoms with van der Waals surface area (Å²) >= 11 is 0. The molecule has 0 unspecified atom stereocenters. The number of benzene rings is 2. The number of rotatable bonds is 14. The zero-order chi connectivity index (χ0) is 27.6. The van der Waals surface area contributed by atoms with Crippen molar-refractivity contribution >= 4 is 27.5 Å². The molecule has 0 saturated carbocycles. The van der Waals surface area contributed by atoms with Gasteiger partial charge in [-0.05, 0) is 49.1 Å². The summed E-state index contributed by atoms with van der Waals surface area (Å²) < 4.78 is 37.5. The van der Waals surface area contributed by atoms with Gasteiger partial charge in [-0.2, -0.15) is 0 Å². The van der Waals surface area contributed by atoms with E-state index in [9.17, 15) is 18.0 Å². The topological polar surface area (TPSA) is 105 Å². The van der Waals surface area contributed by atoms with E-state index < -0.39 is 28.5 Å². The highest BCUT2D eigenvalue weighted by molar-refractivity contribution is 7.92. The van der Waals surface area contributed by atoms with Gasteiger partial charge in [0, 0.05) is 13.1 Å². The minimum Gasteiger partial charge on any atom is -0.497 e. The average molecular weight is 534 g/mol. The fraction of sp³-hybridized carbons (Fsp3) is 0.481. The number of anilines is 1. The van der Waals surface area contributed by atoms with E-state index in [-0.39, 0.29) is 24.1 Å². The lowest BCUT2D eigenvalue weighted by Crippen LogP contribution is -2.52. The van der Waals surface area contributed by atoms with Crippen LogP contribution in [0.3, 0.4) is 0 Å². The van der Waals surface area contributed by atoms with Gasteiger partial charge in [0.1, 0.15) is 24.1 Å². The minimum atomic E-state index is -3.85. The second-order valence-corrected chi connectivity index (χ2v) is 11.0. The van der Waals surface area contributed by atoms with E-state index >= 15 is 0 Å². The molecule has 0 bridgehead atoms. The monoisotopic (exact) mass is 533 g/mol. The molecule has 0 spiro atoms. The van der Waals surface area contributed by atoms with Crippen molar-refractivity contribution in [3.63, 3.8) is 0 Å². The summed E-state index contributed by atoms with van der Waals surface area (Å²) in [6, 6.07) is 13.1. The Morgan fingerprint density at radius 2 is 1.68 bits per heavy atom. The molecular weight excluding hydrogens is 494 g/mol. The average Bonchev–Trinajstić information content (AvgIpc) is 2.86. The Kier molecular flexibility index (Phi) is 11.2. The molecule has 1 N–H and O–H groups in total. The number of methoxy groups -OCH3 is 1. The number of hydrogen-bond donors (Lipinski definition) is 1. The SMILES string of the molecule is CCOc1ccccc1N(CC(=O)N(Cc1ccc(OC)cc1)[C@H](CC)C(=O)NCC(C)C)S(C)(=O)=O. The Morgan fingerprint density at radius 1 is 1.03 bits per heavy atom. The normalized spacial score (nSPS) is 12.1. The smallest absolute Gasteiger partial charge is 0.244 e. The summed E-state index contributed by atoms with van der Waals surface area (Å²) in [5.41, 5.74) is 1.05. The number of carbonyl (C=O) groups excluding carboxylic acids is 2. The van der Waals surface area contributed by atoms with Gasteiger partial charge < -0.3 is 19.7 Å². The summed E-state index contributed by atoms with van der Waals surface area (Å²) in [4.78, 5) is 28.4. The van der Waals surface area contributed by atoms with Crippen molar-refractivity contribution in [1.82, 2.24) is 10.2 Å². The van der Waals surface area contributed by atoms with Gasteiger partial charge in [-0.1, -0.05) is 45.0 Å². The summed E-state index contributed by atoms with van der Waals surface area (Å²) in [7, 11) is -2.29. The molecule has 10 heteroatoms. The molecule has 2 amide bonds. The van der Waals surface area contributed by atoms with Crippen LogP contribution in [0.15, 0.2) is 48.5 Å². The molecule has 1 atom stereocenters. The zero-order valence-corrected chi connectivity index (χ0v) is 23.4. The van der Waals surface area contributed by atoms with Crippen LogP contribution in [0.2, 0.25) is 0 Å². The van der Waals surface area contributed by atoms with Crippen molar-refractivity contribution in [2.45, 2.75) is 46.7 Å². The van der Waals surface area contributed by atoms with E-state index in [0.717, 1.165) is 16.1 Å². The molecule has 2 rings (SSSR count). The first-order chi connectivity index (χ1) is 17.5. The lowest BCUT2D eigenvalue weighted by Gasteiger charge is -2.33. The predicted octanol–water partition coefficient (Wildman–Crippen LogP) is 3.44. The van der Waals surface area contributed by atoms with Crippen LogP contribution in [0.4, 0.5) is 5.69 Å². The molecule has 204 valence electrons. The van der Waals surface area contributed by atoms with Gasteiger partial charge in [0.05, 0.1) is 25.7 Å². The summed E-state index contributed by atoms with van der Waals surface area (Å²) in [6.07, 6.45) is 1.41. The number of nitrogens with one attached hydrogen (secondary N) is 1. The number of ether oxygens (including phenoxy) is 2. The fourth-order valence-corrected chi connectivity index (χ4v) is 4.66. The molecule has 0 heterocycles. The van der Waals surface area contributed by atoms with Gasteiger partial charge in [0.25, 0.3) is 0 Å². The van der Waals surface area contributed by atoms with E-state index in [4.69, 9.17) is 9.47 Å². The van der Waals surface area contributed by atoms with Crippen LogP contribution >= 0.6 is 0 Å². The van der Waals surface area contributed by atoms with E-state index in [1.807, 2.05) is 32.9 Å². The highest BCUT2D eigenvalue weighted by Gasteiger charge is 2.32. The molecule has 0 radical (unpaired) electrons. The van der Waals surface area contributed by atoms with E-state index in [1.54, 1.807) is 50.4 Å². The number of amides is 2. The maximum Gasteiger partial charge on any atom is 0.244 e. The molecule has 2 aromatic rings. The second kappa shape index (κ2) is 13.9. The molecule has 0 fully saturated rings. The van der Waals surface area contributed by atoms with E-state index in [2.05, 4.69) is 5.32 Å². The first kappa shape index (κ1) is 30.0. The first-order valence-corrected chi connectivity index (χ1v) is 14.3. The Hall–Kier alpha value is -3.27. The van der Waals surface area contributed by atoms with Crippen LogP contribution in [0, 0.1) is 5.92 Å². The molecule has 0 aliphatic heterocycles. The lowest BCUT2D eigenvalue weighted by atomic mass is 10.1. The predicted molar refractivity (Wildman–Crippen MR) is 145 cm³/mol. The van der Waals surface area contributed by atoms with Crippen LogP contribution in [-0.2, 0) is 26.2 Å². The molecule has 37 heavy (non-hydrogen) atoms. The Morgan fingerprint density at radius 3 is 2.22 bits per heavy atom. The van der Waals surface area contributed by atoms with Crippen molar-refractivity contribution < 1.29 is 27.5 Å². The third-order valence-corrected chi connectivity index (χ3v) is 6.82. The molecule has 0 saturated heterocycles. The number of nitrogens with zero attached hydrogens (tertiary/aromatic N) is 2. The number of carbonyl (C=O) groups is 2. The largest absolute Gasteiger partial charge is 0.497 e. The van der Waals surface area contributed by atoms with Crippen molar-refractivity contribution in [2.75, 3.05) is 37.4 Å². The maximum atomic E-state index is 13.8. The molecule has 9 nitrogen and oxygen atoms in total. The highest BCUT2D eigenvalue weighted by atomic mass is 32.2. The summed E-state index contributed by atoms with van der Waals surface area (Å²) in [5, 5.41) is 2.91. The van der Waals surface area contributed by atoms with Crippen LogP contribution in [-0.4, -0.2) is 64.2 Å². The van der Waals surface area contributed by atoms with Crippen molar-refractivity contribution in [1.29, 1.82) is 0 Å². The third-order valence-electron chi connectivity index (χ3n) is 5.70. The number of sulfonamides is 1. The van der Waals surface area contributed by atoms with Gasteiger partial charge in [-0.3, -0.25) is 13.9 Å². The Bertz CT molecular complexity index is 1140. The van der Waals surface area contributed by atoms with Crippen molar-refractivity contribution in [3.8, 4) is 11.5 Å². The second-order valence-electron chi connectivity index (χ2n) is 9.10. The zero-order valence-electron chi connectivity index (χ0n) is 22.6. The van der Waals surface area contributed by atoms with Gasteiger partial charge in [0.2, 0.25) is 21.8 Å². The van der Waals surface area contributed by atoms with Crippen molar-refractivity contribution in [3.05, 3.63) is 54.1 Å². The maximum absolute atomic E-state index is 13.8. The summed E-state index contributed by atoms with van der Waals surface area (Å²) in [6.45, 7) is 8.05.